The lowest BCUT2D eigenvalue weighted by atomic mass is 10.1. The van der Waals surface area contributed by atoms with Crippen molar-refractivity contribution < 1.29 is 5.11 Å². The molecule has 1 aliphatic carbocycles. The molecular formula is C14H16Cl2N4O. The van der Waals surface area contributed by atoms with E-state index < -0.39 is 6.10 Å². The minimum Gasteiger partial charge on any atom is -0.391 e. The second-order valence-corrected chi connectivity index (χ2v) is 6.27. The molecule has 1 aliphatic rings. The van der Waals surface area contributed by atoms with E-state index in [9.17, 15) is 5.11 Å². The van der Waals surface area contributed by atoms with Crippen LogP contribution >= 0.6 is 23.2 Å². The van der Waals surface area contributed by atoms with Gasteiger partial charge in [-0.25, -0.2) is 9.67 Å². The van der Waals surface area contributed by atoms with Gasteiger partial charge in [-0.15, -0.1) is 0 Å². The number of hydrogen-bond acceptors (Lipinski definition) is 4. The van der Waals surface area contributed by atoms with Crippen LogP contribution in [0.1, 0.15) is 30.4 Å². The molecule has 3 N–H and O–H groups in total. The van der Waals surface area contributed by atoms with Crippen molar-refractivity contribution in [2.45, 2.75) is 37.8 Å². The maximum absolute atomic E-state index is 9.87. The van der Waals surface area contributed by atoms with Crippen molar-refractivity contribution in [3.8, 4) is 5.69 Å². The van der Waals surface area contributed by atoms with Crippen LogP contribution in [0.4, 0.5) is 0 Å². The third-order valence-corrected chi connectivity index (χ3v) is 4.37. The highest BCUT2D eigenvalue weighted by atomic mass is 35.5. The van der Waals surface area contributed by atoms with Crippen LogP contribution < -0.4 is 5.73 Å². The van der Waals surface area contributed by atoms with Gasteiger partial charge in [0.25, 0.3) is 0 Å². The lowest BCUT2D eigenvalue weighted by Crippen LogP contribution is -2.28. The number of aromatic nitrogens is 3. The van der Waals surface area contributed by atoms with Gasteiger partial charge >= 0.3 is 0 Å². The Morgan fingerprint density at radius 3 is 2.76 bits per heavy atom. The molecule has 21 heavy (non-hydrogen) atoms. The molecule has 3 rings (SSSR count). The first-order valence-corrected chi connectivity index (χ1v) is 7.54. The monoisotopic (exact) mass is 326 g/mol. The van der Waals surface area contributed by atoms with E-state index in [4.69, 9.17) is 28.9 Å². The second kappa shape index (κ2) is 5.57. The van der Waals surface area contributed by atoms with Crippen LogP contribution in [0.3, 0.4) is 0 Å². The Hall–Kier alpha value is -1.14. The third kappa shape index (κ3) is 2.79. The summed E-state index contributed by atoms with van der Waals surface area (Å²) in [4.78, 5) is 4.49. The molecule has 0 saturated heterocycles. The standard InChI is InChI=1S/C14H16Cl2N4O/c1-7-18-14(8-4-11(17)13(21)5-8)20(19-7)12-6-9(15)2-3-10(12)16/h2-3,6,8,11,13,21H,4-5,17H2,1H3/t8-,11+,13+/m0/s1. The molecule has 0 radical (unpaired) electrons. The first kappa shape index (κ1) is 14.8. The van der Waals surface area contributed by atoms with Crippen LogP contribution in [-0.2, 0) is 0 Å². The number of rotatable bonds is 2. The van der Waals surface area contributed by atoms with Crippen molar-refractivity contribution >= 4 is 23.2 Å². The van der Waals surface area contributed by atoms with Crippen molar-refractivity contribution in [2.24, 2.45) is 5.73 Å². The number of benzene rings is 1. The van der Waals surface area contributed by atoms with Gasteiger partial charge < -0.3 is 10.8 Å². The zero-order valence-corrected chi connectivity index (χ0v) is 13.0. The Balaban J connectivity index is 2.06. The number of hydrogen-bond donors (Lipinski definition) is 2. The molecule has 112 valence electrons. The molecule has 0 spiro atoms. The molecule has 3 atom stereocenters. The van der Waals surface area contributed by atoms with Crippen LogP contribution in [-0.4, -0.2) is 32.0 Å². The van der Waals surface area contributed by atoms with E-state index in [1.165, 1.54) is 0 Å². The number of aliphatic hydroxyl groups excluding tert-OH is 1. The first-order valence-electron chi connectivity index (χ1n) is 6.78. The van der Waals surface area contributed by atoms with Crippen LogP contribution in [0.2, 0.25) is 10.0 Å². The number of aryl methyl sites for hydroxylation is 1. The summed E-state index contributed by atoms with van der Waals surface area (Å²) >= 11 is 12.3. The van der Waals surface area contributed by atoms with E-state index in [1.807, 2.05) is 6.92 Å². The van der Waals surface area contributed by atoms with Gasteiger partial charge in [-0.3, -0.25) is 0 Å². The summed E-state index contributed by atoms with van der Waals surface area (Å²) < 4.78 is 1.71. The smallest absolute Gasteiger partial charge is 0.148 e. The molecule has 0 amide bonds. The van der Waals surface area contributed by atoms with Gasteiger partial charge in [-0.1, -0.05) is 23.2 Å². The average molecular weight is 327 g/mol. The quantitative estimate of drug-likeness (QED) is 0.888. The van der Waals surface area contributed by atoms with Crippen molar-refractivity contribution in [1.29, 1.82) is 0 Å². The van der Waals surface area contributed by atoms with Crippen molar-refractivity contribution in [2.75, 3.05) is 0 Å². The van der Waals surface area contributed by atoms with E-state index in [0.717, 1.165) is 5.82 Å². The van der Waals surface area contributed by atoms with Gasteiger partial charge in [0.2, 0.25) is 0 Å². The average Bonchev–Trinajstić information content (AvgIpc) is 2.96. The van der Waals surface area contributed by atoms with Crippen molar-refractivity contribution in [3.63, 3.8) is 0 Å². The molecule has 2 aromatic rings. The predicted octanol–water partition coefficient (Wildman–Crippen LogP) is 2.45. The van der Waals surface area contributed by atoms with Crippen LogP contribution in [0.25, 0.3) is 5.69 Å². The van der Waals surface area contributed by atoms with Gasteiger partial charge in [0.1, 0.15) is 11.6 Å². The summed E-state index contributed by atoms with van der Waals surface area (Å²) in [5.74, 6) is 1.48. The summed E-state index contributed by atoms with van der Waals surface area (Å²) in [6, 6.07) is 4.99. The molecule has 1 saturated carbocycles. The highest BCUT2D eigenvalue weighted by Crippen LogP contribution is 2.35. The maximum Gasteiger partial charge on any atom is 0.148 e. The third-order valence-electron chi connectivity index (χ3n) is 3.82. The Morgan fingerprint density at radius 1 is 1.33 bits per heavy atom. The van der Waals surface area contributed by atoms with Gasteiger partial charge in [0, 0.05) is 17.0 Å². The van der Waals surface area contributed by atoms with E-state index >= 15 is 0 Å². The normalized spacial score (nSPS) is 25.5. The minimum atomic E-state index is -0.504. The summed E-state index contributed by atoms with van der Waals surface area (Å²) in [5, 5.41) is 15.4. The van der Waals surface area contributed by atoms with E-state index in [-0.39, 0.29) is 12.0 Å². The molecule has 1 fully saturated rings. The Kier molecular flexibility index (Phi) is 3.92. The SMILES string of the molecule is Cc1nc([C@H]2C[C@@H](N)[C@H](O)C2)n(-c2cc(Cl)ccc2Cl)n1. The summed E-state index contributed by atoms with van der Waals surface area (Å²) in [5.41, 5.74) is 6.59. The zero-order chi connectivity index (χ0) is 15.1. The van der Waals surface area contributed by atoms with Gasteiger partial charge in [0.05, 0.1) is 16.8 Å². The Bertz CT molecular complexity index is 663. The minimum absolute atomic E-state index is 0.0613. The van der Waals surface area contributed by atoms with Crippen LogP contribution in [0.5, 0.6) is 0 Å². The fourth-order valence-corrected chi connectivity index (χ4v) is 3.14. The highest BCUT2D eigenvalue weighted by molar-refractivity contribution is 6.34. The topological polar surface area (TPSA) is 77.0 Å². The fourth-order valence-electron chi connectivity index (χ4n) is 2.78. The summed E-state index contributed by atoms with van der Waals surface area (Å²) in [6.45, 7) is 1.82. The number of aliphatic hydroxyl groups is 1. The van der Waals surface area contributed by atoms with E-state index in [2.05, 4.69) is 10.1 Å². The largest absolute Gasteiger partial charge is 0.391 e. The second-order valence-electron chi connectivity index (χ2n) is 5.42. The molecule has 5 nitrogen and oxygen atoms in total. The summed E-state index contributed by atoms with van der Waals surface area (Å²) in [6.07, 6.45) is 0.755. The Labute approximate surface area is 132 Å². The predicted molar refractivity (Wildman–Crippen MR) is 82.1 cm³/mol. The Morgan fingerprint density at radius 2 is 2.10 bits per heavy atom. The van der Waals surface area contributed by atoms with E-state index in [0.29, 0.717) is 34.4 Å². The molecule has 0 aliphatic heterocycles. The molecular weight excluding hydrogens is 311 g/mol. The highest BCUT2D eigenvalue weighted by Gasteiger charge is 2.34. The molecule has 1 aromatic heterocycles. The molecule has 7 heteroatoms. The van der Waals surface area contributed by atoms with Crippen molar-refractivity contribution in [1.82, 2.24) is 14.8 Å². The zero-order valence-electron chi connectivity index (χ0n) is 11.5. The van der Waals surface area contributed by atoms with Gasteiger partial charge in [-0.05, 0) is 38.0 Å². The van der Waals surface area contributed by atoms with Crippen LogP contribution in [0.15, 0.2) is 18.2 Å². The molecule has 1 heterocycles. The molecule has 1 aromatic carbocycles. The molecule has 0 unspecified atom stereocenters. The van der Waals surface area contributed by atoms with Crippen LogP contribution in [0, 0.1) is 6.92 Å². The van der Waals surface area contributed by atoms with Crippen molar-refractivity contribution in [3.05, 3.63) is 39.9 Å². The number of nitrogens with two attached hydrogens (primary N) is 1. The first-order chi connectivity index (χ1) is 9.95. The van der Waals surface area contributed by atoms with Gasteiger partial charge in [-0.2, -0.15) is 5.10 Å². The number of nitrogens with zero attached hydrogens (tertiary/aromatic N) is 3. The number of halogens is 2. The summed E-state index contributed by atoms with van der Waals surface area (Å²) in [7, 11) is 0. The fraction of sp³-hybridized carbons (Fsp3) is 0.429. The maximum atomic E-state index is 9.87. The van der Waals surface area contributed by atoms with E-state index in [1.54, 1.807) is 22.9 Å². The molecule has 0 bridgehead atoms. The van der Waals surface area contributed by atoms with Gasteiger partial charge in [0.15, 0.2) is 0 Å². The lowest BCUT2D eigenvalue weighted by molar-refractivity contribution is 0.163. The lowest BCUT2D eigenvalue weighted by Gasteiger charge is -2.12.